The third kappa shape index (κ3) is 5.03. The second kappa shape index (κ2) is 10.7. The molecule has 0 saturated carbocycles. The molecule has 0 unspecified atom stereocenters. The Morgan fingerprint density at radius 3 is 2.39 bits per heavy atom. The number of pyridine rings is 1. The Bertz CT molecular complexity index is 2090. The lowest BCUT2D eigenvalue weighted by Gasteiger charge is -2.29. The molecule has 224 valence electrons. The monoisotopic (exact) mass is 634 g/mol. The van der Waals surface area contributed by atoms with Gasteiger partial charge in [0.1, 0.15) is 9.86 Å². The van der Waals surface area contributed by atoms with Crippen LogP contribution in [0.4, 0.5) is 18.9 Å². The number of nitrogens with one attached hydrogen (secondary N) is 1. The van der Waals surface area contributed by atoms with E-state index in [1.54, 1.807) is 41.9 Å². The highest BCUT2D eigenvalue weighted by Gasteiger charge is 2.30. The predicted molar refractivity (Wildman–Crippen MR) is 166 cm³/mol. The fraction of sp³-hybridized carbons (Fsp3) is 0.156. The molecule has 3 aromatic carbocycles. The van der Waals surface area contributed by atoms with Crippen LogP contribution < -0.4 is 4.31 Å². The van der Waals surface area contributed by atoms with Crippen LogP contribution in [-0.2, 0) is 27.6 Å². The molecule has 0 spiro atoms. The van der Waals surface area contributed by atoms with E-state index in [0.717, 1.165) is 46.7 Å². The first-order valence-electron chi connectivity index (χ1n) is 13.7. The van der Waals surface area contributed by atoms with Gasteiger partial charge in [0.25, 0.3) is 10.0 Å². The molecule has 7 nitrogen and oxygen atoms in total. The number of aromatic amines is 1. The maximum Gasteiger partial charge on any atom is 0.416 e. The summed E-state index contributed by atoms with van der Waals surface area (Å²) >= 11 is 1.14. The summed E-state index contributed by atoms with van der Waals surface area (Å²) in [4.78, 5) is 13.4. The van der Waals surface area contributed by atoms with E-state index >= 15 is 0 Å². The number of hydrogen-bond acceptors (Lipinski definition) is 6. The lowest BCUT2D eigenvalue weighted by atomic mass is 9.92. The van der Waals surface area contributed by atoms with E-state index in [2.05, 4.69) is 4.98 Å². The van der Waals surface area contributed by atoms with Crippen molar-refractivity contribution in [3.05, 3.63) is 102 Å². The number of hydrogen-bond donors (Lipinski definition) is 1. The number of anilines is 1. The van der Waals surface area contributed by atoms with E-state index in [-0.39, 0.29) is 4.21 Å². The van der Waals surface area contributed by atoms with Crippen molar-refractivity contribution in [2.45, 2.75) is 16.9 Å². The maximum absolute atomic E-state index is 13.5. The van der Waals surface area contributed by atoms with Crippen molar-refractivity contribution < 1.29 is 26.4 Å². The van der Waals surface area contributed by atoms with Crippen molar-refractivity contribution in [2.75, 3.05) is 24.5 Å². The minimum Gasteiger partial charge on any atom is -0.339 e. The van der Waals surface area contributed by atoms with Crippen molar-refractivity contribution >= 4 is 49.0 Å². The molecule has 1 fully saturated rings. The number of fused-ring (bicyclic) bond motifs is 3. The Balaban J connectivity index is 1.41. The molecule has 1 N–H and O–H groups in total. The molecule has 0 bridgehead atoms. The van der Waals surface area contributed by atoms with E-state index < -0.39 is 21.8 Å². The van der Waals surface area contributed by atoms with Crippen molar-refractivity contribution in [3.63, 3.8) is 0 Å². The highest BCUT2D eigenvalue weighted by atomic mass is 32.2. The van der Waals surface area contributed by atoms with Gasteiger partial charge in [-0.2, -0.15) is 18.2 Å². The molecular formula is C32H25F3N4O3S2. The zero-order valence-corrected chi connectivity index (χ0v) is 24.9. The highest BCUT2D eigenvalue weighted by molar-refractivity contribution is 7.94. The van der Waals surface area contributed by atoms with Gasteiger partial charge in [0.15, 0.2) is 0 Å². The van der Waals surface area contributed by atoms with Crippen LogP contribution in [-0.4, -0.2) is 43.6 Å². The van der Waals surface area contributed by atoms with Crippen molar-refractivity contribution in [3.8, 4) is 22.3 Å². The average Bonchev–Trinajstić information content (AvgIpc) is 3.67. The van der Waals surface area contributed by atoms with Gasteiger partial charge in [0, 0.05) is 53.8 Å². The zero-order chi connectivity index (χ0) is 30.6. The number of nitrogens with zero attached hydrogens (tertiary/aromatic N) is 3. The number of rotatable bonds is 7. The van der Waals surface area contributed by atoms with Crippen LogP contribution in [0.3, 0.4) is 0 Å². The molecule has 44 heavy (non-hydrogen) atoms. The number of alkyl halides is 3. The molecule has 6 aromatic rings. The molecule has 1 aliphatic heterocycles. The number of H-pyrrole nitrogens is 1. The highest BCUT2D eigenvalue weighted by Crippen LogP contribution is 2.42. The minimum absolute atomic E-state index is 0.220. The third-order valence-corrected chi connectivity index (χ3v) is 11.0. The van der Waals surface area contributed by atoms with E-state index in [4.69, 9.17) is 9.82 Å². The van der Waals surface area contributed by atoms with Gasteiger partial charge in [0.2, 0.25) is 0 Å². The number of thiophene rings is 1. The molecule has 7 rings (SSSR count). The van der Waals surface area contributed by atoms with E-state index in [1.165, 1.54) is 23.5 Å². The quantitative estimate of drug-likeness (QED) is 0.195. The van der Waals surface area contributed by atoms with Gasteiger partial charge in [-0.3, -0.25) is 9.14 Å². The summed E-state index contributed by atoms with van der Waals surface area (Å²) in [6, 6.07) is 21.5. The summed E-state index contributed by atoms with van der Waals surface area (Å²) in [5.74, 6) is 0. The summed E-state index contributed by atoms with van der Waals surface area (Å²) in [6.07, 6.45) is -2.76. The molecule has 0 radical (unpaired) electrons. The first-order valence-corrected chi connectivity index (χ1v) is 16.0. The van der Waals surface area contributed by atoms with Crippen molar-refractivity contribution in [1.29, 1.82) is 0 Å². The number of benzene rings is 3. The summed E-state index contributed by atoms with van der Waals surface area (Å²) in [6.45, 7) is 2.23. The van der Waals surface area contributed by atoms with Crippen LogP contribution in [0.15, 0.2) is 94.6 Å². The van der Waals surface area contributed by atoms with Crippen LogP contribution in [0, 0.1) is 0 Å². The minimum atomic E-state index is -4.47. The van der Waals surface area contributed by atoms with Gasteiger partial charge >= 0.3 is 6.18 Å². The largest absolute Gasteiger partial charge is 0.416 e. The van der Waals surface area contributed by atoms with Crippen LogP contribution in [0.25, 0.3) is 44.2 Å². The van der Waals surface area contributed by atoms with Crippen molar-refractivity contribution in [1.82, 2.24) is 15.0 Å². The van der Waals surface area contributed by atoms with Crippen LogP contribution in [0.1, 0.15) is 11.1 Å². The van der Waals surface area contributed by atoms with Gasteiger partial charge in [-0.1, -0.05) is 42.5 Å². The van der Waals surface area contributed by atoms with Gasteiger partial charge < -0.3 is 4.98 Å². The Morgan fingerprint density at radius 1 is 1.02 bits per heavy atom. The Hall–Kier alpha value is -4.23. The zero-order valence-electron chi connectivity index (χ0n) is 23.3. The van der Waals surface area contributed by atoms with Crippen molar-refractivity contribution in [2.24, 2.45) is 0 Å². The fourth-order valence-electron chi connectivity index (χ4n) is 5.41. The van der Waals surface area contributed by atoms with Gasteiger partial charge in [-0.05, 0) is 58.5 Å². The lowest BCUT2D eigenvalue weighted by molar-refractivity contribution is -0.253. The lowest BCUT2D eigenvalue weighted by Crippen LogP contribution is -2.38. The molecule has 0 amide bonds. The van der Waals surface area contributed by atoms with E-state index in [0.29, 0.717) is 51.9 Å². The Morgan fingerprint density at radius 2 is 1.75 bits per heavy atom. The molecule has 0 atom stereocenters. The molecule has 12 heteroatoms. The maximum atomic E-state index is 13.5. The van der Waals surface area contributed by atoms with Gasteiger partial charge in [-0.15, -0.1) is 11.3 Å². The van der Waals surface area contributed by atoms with Crippen LogP contribution >= 0.6 is 11.3 Å². The molecule has 1 saturated heterocycles. The van der Waals surface area contributed by atoms with Crippen LogP contribution in [0.5, 0.6) is 0 Å². The summed E-state index contributed by atoms with van der Waals surface area (Å²) in [5.41, 5.74) is 4.84. The summed E-state index contributed by atoms with van der Waals surface area (Å²) < 4.78 is 68.5. The Kier molecular flexibility index (Phi) is 6.96. The van der Waals surface area contributed by atoms with Gasteiger partial charge in [-0.25, -0.2) is 13.4 Å². The molecule has 4 heterocycles. The number of aromatic nitrogens is 2. The SMILES string of the molecule is CN(c1ccc2[nH]c3ncc(-c4ccc(CN5CCO5)cc4)c(-c4ccc(C(F)(F)F)cc4)c3c2c1)S(=O)(=O)c1cccs1. The smallest absolute Gasteiger partial charge is 0.339 e. The second-order valence-electron chi connectivity index (χ2n) is 10.5. The number of hydroxylamine groups is 2. The summed E-state index contributed by atoms with van der Waals surface area (Å²) in [7, 11) is -2.29. The topological polar surface area (TPSA) is 78.5 Å². The first kappa shape index (κ1) is 28.5. The molecule has 3 aromatic heterocycles. The third-order valence-electron chi connectivity index (χ3n) is 7.82. The number of halogens is 3. The molecule has 0 aliphatic carbocycles. The Labute approximate surface area is 255 Å². The van der Waals surface area contributed by atoms with Gasteiger partial charge in [0.05, 0.1) is 17.9 Å². The normalized spacial score (nSPS) is 14.3. The standard InChI is InChI=1S/C32H25F3N4O3S2/c1-38(44(40,41)28-3-2-16-43-28)24-12-13-27-25(17-24)30-29(22-8-10-23(11-9-22)32(33,34)35)26(18-36-31(30)37-27)21-6-4-20(5-7-21)19-39-14-15-42-39/h2-13,16-18H,14-15,19H2,1H3,(H,36,37). The fourth-order valence-corrected chi connectivity index (χ4v) is 7.76. The average molecular weight is 635 g/mol. The second-order valence-corrected chi connectivity index (χ2v) is 13.6. The number of sulfonamides is 1. The van der Waals surface area contributed by atoms with E-state index in [1.807, 2.05) is 29.3 Å². The first-order chi connectivity index (χ1) is 21.1. The molecular weight excluding hydrogens is 610 g/mol. The predicted octanol–water partition coefficient (Wildman–Crippen LogP) is 7.70. The van der Waals surface area contributed by atoms with Crippen LogP contribution in [0.2, 0.25) is 0 Å². The summed E-state index contributed by atoms with van der Waals surface area (Å²) in [5, 5.41) is 4.95. The van der Waals surface area contributed by atoms with E-state index in [9.17, 15) is 21.6 Å². The molecule has 1 aliphatic rings.